The number of hydrogen-bond donors (Lipinski definition) is 2. The highest BCUT2D eigenvalue weighted by atomic mass is 32.1. The van der Waals surface area contributed by atoms with E-state index in [4.69, 9.17) is 17.0 Å². The number of carbonyl (C=O) groups is 1. The molecule has 1 amide bonds. The predicted molar refractivity (Wildman–Crippen MR) is 152 cm³/mol. The molecule has 1 saturated heterocycles. The molecule has 1 aliphatic rings. The van der Waals surface area contributed by atoms with E-state index in [1.54, 1.807) is 19.5 Å². The van der Waals surface area contributed by atoms with Crippen LogP contribution in [0.15, 0.2) is 73.2 Å². The van der Waals surface area contributed by atoms with Crippen LogP contribution in [0.5, 0.6) is 5.75 Å². The first-order valence-corrected chi connectivity index (χ1v) is 12.8. The quantitative estimate of drug-likeness (QED) is 0.325. The van der Waals surface area contributed by atoms with E-state index in [-0.39, 0.29) is 18.0 Å². The van der Waals surface area contributed by atoms with Crippen LogP contribution in [0, 0.1) is 13.8 Å². The number of carbonyl (C=O) groups excluding carboxylic acids is 1. The van der Waals surface area contributed by atoms with E-state index in [9.17, 15) is 4.79 Å². The van der Waals surface area contributed by atoms with Gasteiger partial charge >= 0.3 is 0 Å². The summed E-state index contributed by atoms with van der Waals surface area (Å²) in [5.74, 6) is 0.402. The zero-order valence-corrected chi connectivity index (χ0v) is 22.6. The predicted octanol–water partition coefficient (Wildman–Crippen LogP) is 5.09. The molecule has 3 aromatic heterocycles. The summed E-state index contributed by atoms with van der Waals surface area (Å²) in [5.41, 5.74) is 6.89. The second-order valence-electron chi connectivity index (χ2n) is 9.34. The van der Waals surface area contributed by atoms with Gasteiger partial charge in [-0.1, -0.05) is 12.1 Å². The third-order valence-electron chi connectivity index (χ3n) is 6.86. The van der Waals surface area contributed by atoms with Crippen LogP contribution in [0.1, 0.15) is 47.2 Å². The molecule has 194 valence electrons. The Morgan fingerprint density at radius 2 is 1.97 bits per heavy atom. The number of pyridine rings is 2. The highest BCUT2D eigenvalue weighted by Gasteiger charge is 2.42. The molecule has 5 rings (SSSR count). The van der Waals surface area contributed by atoms with Gasteiger partial charge in [0.25, 0.3) is 0 Å². The average Bonchev–Trinajstić information content (AvgIpc) is 3.40. The van der Waals surface area contributed by atoms with Crippen LogP contribution >= 0.6 is 12.2 Å². The molecule has 1 aliphatic heterocycles. The van der Waals surface area contributed by atoms with Crippen molar-refractivity contribution in [2.75, 3.05) is 17.3 Å². The van der Waals surface area contributed by atoms with Gasteiger partial charge in [-0.3, -0.25) is 14.8 Å². The number of anilines is 2. The van der Waals surface area contributed by atoms with Gasteiger partial charge < -0.3 is 24.8 Å². The standard InChI is InChI=1S/C29H30N6O2S/c1-18-14-23(19(2)34(18)17-21-8-7-12-30-16-21)28-27(24-9-5-6-13-31-24)33-29(38)35(28)22-10-11-26(37-4)25(15-22)32-20(3)36/h5-16,27-28H,17H2,1-4H3,(H,32,36)(H,33,38)/t27-,28+/m0/s1. The van der Waals surface area contributed by atoms with Crippen molar-refractivity contribution >= 4 is 34.6 Å². The van der Waals surface area contributed by atoms with E-state index < -0.39 is 0 Å². The molecule has 1 aromatic carbocycles. The summed E-state index contributed by atoms with van der Waals surface area (Å²) in [7, 11) is 1.58. The lowest BCUT2D eigenvalue weighted by atomic mass is 9.96. The number of benzene rings is 1. The monoisotopic (exact) mass is 526 g/mol. The molecule has 38 heavy (non-hydrogen) atoms. The largest absolute Gasteiger partial charge is 0.495 e. The van der Waals surface area contributed by atoms with E-state index >= 15 is 0 Å². The van der Waals surface area contributed by atoms with Crippen molar-refractivity contribution < 1.29 is 9.53 Å². The molecule has 2 N–H and O–H groups in total. The Morgan fingerprint density at radius 3 is 2.66 bits per heavy atom. The molecule has 1 fully saturated rings. The maximum absolute atomic E-state index is 11.9. The van der Waals surface area contributed by atoms with Crippen LogP contribution in [-0.4, -0.2) is 32.7 Å². The number of nitrogens with zero attached hydrogens (tertiary/aromatic N) is 4. The van der Waals surface area contributed by atoms with Gasteiger partial charge in [0, 0.05) is 49.1 Å². The maximum Gasteiger partial charge on any atom is 0.221 e. The molecular weight excluding hydrogens is 496 g/mol. The van der Waals surface area contributed by atoms with Crippen LogP contribution in [0.3, 0.4) is 0 Å². The zero-order valence-electron chi connectivity index (χ0n) is 21.8. The molecule has 0 spiro atoms. The summed E-state index contributed by atoms with van der Waals surface area (Å²) in [6.07, 6.45) is 5.48. The van der Waals surface area contributed by atoms with Crippen molar-refractivity contribution in [2.45, 2.75) is 39.4 Å². The molecule has 0 saturated carbocycles. The van der Waals surface area contributed by atoms with E-state index in [0.29, 0.717) is 16.5 Å². The van der Waals surface area contributed by atoms with Gasteiger partial charge in [-0.25, -0.2) is 0 Å². The molecule has 9 heteroatoms. The number of aromatic nitrogens is 3. The fourth-order valence-electron chi connectivity index (χ4n) is 5.13. The minimum Gasteiger partial charge on any atom is -0.495 e. The Labute approximate surface area is 227 Å². The zero-order chi connectivity index (χ0) is 26.8. The lowest BCUT2D eigenvalue weighted by Gasteiger charge is -2.29. The van der Waals surface area contributed by atoms with Crippen molar-refractivity contribution in [3.8, 4) is 5.75 Å². The fraction of sp³-hybridized carbons (Fsp3) is 0.241. The molecule has 2 atom stereocenters. The van der Waals surface area contributed by atoms with Gasteiger partial charge in [-0.2, -0.15) is 0 Å². The SMILES string of the molecule is COc1ccc(N2C(=S)N[C@@H](c3ccccn3)[C@H]2c2cc(C)n(Cc3cccnc3)c2C)cc1NC(C)=O. The summed E-state index contributed by atoms with van der Waals surface area (Å²) < 4.78 is 7.79. The number of hydrogen-bond acceptors (Lipinski definition) is 5. The first-order chi connectivity index (χ1) is 18.4. The minimum atomic E-state index is -0.178. The van der Waals surface area contributed by atoms with Gasteiger partial charge in [-0.15, -0.1) is 0 Å². The van der Waals surface area contributed by atoms with E-state index in [0.717, 1.165) is 40.4 Å². The normalized spacial score (nSPS) is 16.8. The maximum atomic E-state index is 11.9. The summed E-state index contributed by atoms with van der Waals surface area (Å²) in [4.78, 5) is 23.0. The summed E-state index contributed by atoms with van der Waals surface area (Å²) in [6.45, 7) is 6.46. The highest BCUT2D eigenvalue weighted by molar-refractivity contribution is 7.80. The third kappa shape index (κ3) is 4.84. The van der Waals surface area contributed by atoms with Crippen LogP contribution in [-0.2, 0) is 11.3 Å². The molecular formula is C29H30N6O2S. The third-order valence-corrected chi connectivity index (χ3v) is 7.18. The molecule has 4 heterocycles. The lowest BCUT2D eigenvalue weighted by Crippen LogP contribution is -2.29. The molecule has 0 unspecified atom stereocenters. The smallest absolute Gasteiger partial charge is 0.221 e. The van der Waals surface area contributed by atoms with Crippen molar-refractivity contribution in [3.05, 3.63) is 101 Å². The molecule has 0 radical (unpaired) electrons. The first-order valence-electron chi connectivity index (χ1n) is 12.4. The lowest BCUT2D eigenvalue weighted by molar-refractivity contribution is -0.114. The second-order valence-corrected chi connectivity index (χ2v) is 9.72. The number of amides is 1. The number of rotatable bonds is 7. The molecule has 0 aliphatic carbocycles. The number of ether oxygens (including phenoxy) is 1. The number of nitrogens with one attached hydrogen (secondary N) is 2. The van der Waals surface area contributed by atoms with Gasteiger partial charge in [-0.05, 0) is 79.7 Å². The Balaban J connectivity index is 1.63. The first kappa shape index (κ1) is 25.4. The van der Waals surface area contributed by atoms with Crippen LogP contribution in [0.25, 0.3) is 0 Å². The van der Waals surface area contributed by atoms with Crippen LogP contribution < -0.4 is 20.3 Å². The van der Waals surface area contributed by atoms with E-state index in [1.807, 2.05) is 48.7 Å². The van der Waals surface area contributed by atoms with Crippen molar-refractivity contribution in [1.82, 2.24) is 19.9 Å². The summed E-state index contributed by atoms with van der Waals surface area (Å²) in [5, 5.41) is 6.98. The Kier molecular flexibility index (Phi) is 7.11. The number of aryl methyl sites for hydroxylation is 1. The van der Waals surface area contributed by atoms with Gasteiger partial charge in [0.15, 0.2) is 5.11 Å². The Morgan fingerprint density at radius 1 is 1.13 bits per heavy atom. The van der Waals surface area contributed by atoms with Gasteiger partial charge in [0.05, 0.1) is 30.6 Å². The number of methoxy groups -OCH3 is 1. The van der Waals surface area contributed by atoms with Crippen molar-refractivity contribution in [3.63, 3.8) is 0 Å². The van der Waals surface area contributed by atoms with E-state index in [1.165, 1.54) is 6.92 Å². The van der Waals surface area contributed by atoms with Gasteiger partial charge in [0.1, 0.15) is 5.75 Å². The Bertz CT molecular complexity index is 1470. The van der Waals surface area contributed by atoms with Crippen molar-refractivity contribution in [1.29, 1.82) is 0 Å². The van der Waals surface area contributed by atoms with Crippen molar-refractivity contribution in [2.24, 2.45) is 0 Å². The summed E-state index contributed by atoms with van der Waals surface area (Å²) >= 11 is 5.91. The average molecular weight is 527 g/mol. The number of thiocarbonyl (C=S) groups is 1. The molecule has 0 bridgehead atoms. The molecule has 4 aromatic rings. The van der Waals surface area contributed by atoms with Crippen LogP contribution in [0.4, 0.5) is 11.4 Å². The summed E-state index contributed by atoms with van der Waals surface area (Å²) in [6, 6.07) is 17.5. The minimum absolute atomic E-state index is 0.176. The molecule has 8 nitrogen and oxygen atoms in total. The fourth-order valence-corrected chi connectivity index (χ4v) is 5.47. The highest BCUT2D eigenvalue weighted by Crippen LogP contribution is 2.44. The Hall–Kier alpha value is -4.24. The topological polar surface area (TPSA) is 84.3 Å². The van der Waals surface area contributed by atoms with E-state index in [2.05, 4.69) is 56.0 Å². The van der Waals surface area contributed by atoms with Gasteiger partial charge in [0.2, 0.25) is 5.91 Å². The van der Waals surface area contributed by atoms with Crippen LogP contribution in [0.2, 0.25) is 0 Å². The second kappa shape index (κ2) is 10.6.